The third kappa shape index (κ3) is 2.71. The van der Waals surface area contributed by atoms with Crippen molar-refractivity contribution in [2.24, 2.45) is 0 Å². The van der Waals surface area contributed by atoms with E-state index in [1.54, 1.807) is 30.5 Å². The highest BCUT2D eigenvalue weighted by Crippen LogP contribution is 2.02. The number of carbonyl (C=O) groups is 1. The Kier molecular flexibility index (Phi) is 3.23. The molecule has 0 aromatic carbocycles. The van der Waals surface area contributed by atoms with Gasteiger partial charge in [0.25, 0.3) is 0 Å². The minimum Gasteiger partial charge on any atom is -0.467 e. The van der Waals surface area contributed by atoms with Crippen LogP contribution in [0.2, 0.25) is 0 Å². The maximum atomic E-state index is 11.6. The fourth-order valence-electron chi connectivity index (χ4n) is 1.58. The lowest BCUT2D eigenvalue weighted by atomic mass is 10.4. The Hall–Kier alpha value is -2.97. The number of furan rings is 1. The van der Waals surface area contributed by atoms with Crippen molar-refractivity contribution in [3.05, 3.63) is 36.3 Å². The maximum Gasteiger partial charge on any atom is 0.239 e. The highest BCUT2D eigenvalue weighted by atomic mass is 16.3. The molecule has 0 saturated heterocycles. The number of hydrogen-bond acceptors (Lipinski definition) is 7. The number of nitrogens with one attached hydrogen (secondary N) is 2. The van der Waals surface area contributed by atoms with Crippen LogP contribution in [0.3, 0.4) is 0 Å². The van der Waals surface area contributed by atoms with Crippen LogP contribution in [-0.4, -0.2) is 37.7 Å². The van der Waals surface area contributed by atoms with Crippen molar-refractivity contribution in [3.8, 4) is 0 Å². The predicted octanol–water partition coefficient (Wildman–Crippen LogP) is -0.159. The molecular formula is C11H11N7O2. The van der Waals surface area contributed by atoms with Crippen LogP contribution >= 0.6 is 0 Å². The van der Waals surface area contributed by atoms with Gasteiger partial charge in [0.2, 0.25) is 5.91 Å². The van der Waals surface area contributed by atoms with Crippen LogP contribution in [0.5, 0.6) is 0 Å². The van der Waals surface area contributed by atoms with Gasteiger partial charge in [0.15, 0.2) is 5.65 Å². The first-order valence-electron chi connectivity index (χ1n) is 5.90. The summed E-state index contributed by atoms with van der Waals surface area (Å²) in [5.41, 5.74) is 0.540. The minimum atomic E-state index is -0.167. The lowest BCUT2D eigenvalue weighted by molar-refractivity contribution is -0.119. The van der Waals surface area contributed by atoms with E-state index < -0.39 is 0 Å². The van der Waals surface area contributed by atoms with Gasteiger partial charge in [0.1, 0.15) is 11.6 Å². The summed E-state index contributed by atoms with van der Waals surface area (Å²) in [6.45, 7) is 0.453. The largest absolute Gasteiger partial charge is 0.467 e. The molecule has 0 aliphatic carbocycles. The monoisotopic (exact) mass is 273 g/mol. The summed E-state index contributed by atoms with van der Waals surface area (Å²) in [5.74, 6) is 1.05. The summed E-state index contributed by atoms with van der Waals surface area (Å²) in [6, 6.07) is 6.97. The molecule has 2 N–H and O–H groups in total. The van der Waals surface area contributed by atoms with E-state index >= 15 is 0 Å². The minimum absolute atomic E-state index is 0.0986. The van der Waals surface area contributed by atoms with Crippen LogP contribution in [0.25, 0.3) is 5.65 Å². The van der Waals surface area contributed by atoms with Crippen LogP contribution in [0.1, 0.15) is 5.76 Å². The number of fused-ring (bicyclic) bond motifs is 1. The average Bonchev–Trinajstić information content (AvgIpc) is 3.13. The summed E-state index contributed by atoms with van der Waals surface area (Å²) in [5, 5.41) is 20.6. The standard InChI is InChI=1S/C11H11N7O2/c19-11(13-6-8-2-1-5-20-8)7-12-9-3-4-10-14-16-17-18(10)15-9/h1-5H,6-7H2,(H,12,15)(H,13,19). The van der Waals surface area contributed by atoms with Gasteiger partial charge in [-0.3, -0.25) is 4.79 Å². The fourth-order valence-corrected chi connectivity index (χ4v) is 1.58. The Morgan fingerprint density at radius 2 is 2.30 bits per heavy atom. The highest BCUT2D eigenvalue weighted by molar-refractivity contribution is 5.80. The van der Waals surface area contributed by atoms with Gasteiger partial charge in [0, 0.05) is 0 Å². The van der Waals surface area contributed by atoms with Crippen molar-refractivity contribution < 1.29 is 9.21 Å². The number of hydrogen-bond donors (Lipinski definition) is 2. The summed E-state index contributed by atoms with van der Waals surface area (Å²) in [6.07, 6.45) is 1.56. The smallest absolute Gasteiger partial charge is 0.239 e. The van der Waals surface area contributed by atoms with Gasteiger partial charge in [-0.15, -0.1) is 14.8 Å². The Morgan fingerprint density at radius 3 is 3.15 bits per heavy atom. The first-order valence-corrected chi connectivity index (χ1v) is 5.90. The molecule has 1 amide bonds. The van der Waals surface area contributed by atoms with E-state index in [1.807, 2.05) is 0 Å². The predicted molar refractivity (Wildman–Crippen MR) is 67.6 cm³/mol. The first-order chi connectivity index (χ1) is 9.81. The van der Waals surface area contributed by atoms with Crippen LogP contribution < -0.4 is 10.6 Å². The van der Waals surface area contributed by atoms with E-state index in [4.69, 9.17) is 4.42 Å². The Labute approximate surface area is 113 Å². The normalized spacial score (nSPS) is 10.6. The zero-order valence-corrected chi connectivity index (χ0v) is 10.4. The molecular weight excluding hydrogens is 262 g/mol. The number of aromatic nitrogens is 5. The summed E-state index contributed by atoms with van der Waals surface area (Å²) < 4.78 is 6.39. The number of nitrogens with zero attached hydrogens (tertiary/aromatic N) is 5. The second-order valence-electron chi connectivity index (χ2n) is 3.95. The molecule has 0 atom stereocenters. The third-order valence-corrected chi connectivity index (χ3v) is 2.54. The zero-order chi connectivity index (χ0) is 13.8. The molecule has 20 heavy (non-hydrogen) atoms. The van der Waals surface area contributed by atoms with E-state index in [0.29, 0.717) is 23.8 Å². The topological polar surface area (TPSA) is 110 Å². The summed E-state index contributed by atoms with van der Waals surface area (Å²) in [4.78, 5) is 11.6. The van der Waals surface area contributed by atoms with Gasteiger partial charge in [-0.05, 0) is 34.7 Å². The maximum absolute atomic E-state index is 11.6. The summed E-state index contributed by atoms with van der Waals surface area (Å²) in [7, 11) is 0. The second kappa shape index (κ2) is 5.34. The zero-order valence-electron chi connectivity index (χ0n) is 10.4. The molecule has 3 heterocycles. The molecule has 3 rings (SSSR count). The van der Waals surface area contributed by atoms with Crippen molar-refractivity contribution >= 4 is 17.4 Å². The van der Waals surface area contributed by atoms with Crippen LogP contribution in [0, 0.1) is 0 Å². The van der Waals surface area contributed by atoms with Gasteiger partial charge >= 0.3 is 0 Å². The first kappa shape index (κ1) is 12.1. The molecule has 0 aliphatic heterocycles. The fraction of sp³-hybridized carbons (Fsp3) is 0.182. The van der Waals surface area contributed by atoms with Crippen LogP contribution in [0.4, 0.5) is 5.82 Å². The van der Waals surface area contributed by atoms with E-state index in [1.165, 1.54) is 4.63 Å². The van der Waals surface area contributed by atoms with E-state index in [0.717, 1.165) is 0 Å². The number of rotatable bonds is 5. The van der Waals surface area contributed by atoms with E-state index in [-0.39, 0.29) is 12.5 Å². The molecule has 0 radical (unpaired) electrons. The van der Waals surface area contributed by atoms with Gasteiger partial charge in [-0.2, -0.15) is 0 Å². The summed E-state index contributed by atoms with van der Waals surface area (Å²) >= 11 is 0. The van der Waals surface area contributed by atoms with Gasteiger partial charge in [-0.25, -0.2) is 0 Å². The van der Waals surface area contributed by atoms with Crippen molar-refractivity contribution in [2.75, 3.05) is 11.9 Å². The van der Waals surface area contributed by atoms with Gasteiger partial charge in [0.05, 0.1) is 19.4 Å². The average molecular weight is 273 g/mol. The molecule has 9 nitrogen and oxygen atoms in total. The molecule has 3 aromatic heterocycles. The molecule has 3 aromatic rings. The van der Waals surface area contributed by atoms with Gasteiger partial charge in [-0.1, -0.05) is 0 Å². The van der Waals surface area contributed by atoms with Gasteiger partial charge < -0.3 is 15.1 Å². The number of carbonyl (C=O) groups excluding carboxylic acids is 1. The highest BCUT2D eigenvalue weighted by Gasteiger charge is 2.04. The lowest BCUT2D eigenvalue weighted by Gasteiger charge is -2.05. The van der Waals surface area contributed by atoms with E-state index in [9.17, 15) is 4.79 Å². The van der Waals surface area contributed by atoms with Crippen LogP contribution in [0.15, 0.2) is 34.9 Å². The molecule has 0 aliphatic rings. The number of amides is 1. The molecule has 9 heteroatoms. The van der Waals surface area contributed by atoms with E-state index in [2.05, 4.69) is 31.3 Å². The second-order valence-corrected chi connectivity index (χ2v) is 3.95. The Balaban J connectivity index is 1.51. The van der Waals surface area contributed by atoms with Crippen molar-refractivity contribution in [2.45, 2.75) is 6.54 Å². The van der Waals surface area contributed by atoms with Crippen molar-refractivity contribution in [1.29, 1.82) is 0 Å². The lowest BCUT2D eigenvalue weighted by Crippen LogP contribution is -2.29. The molecule has 0 saturated carbocycles. The van der Waals surface area contributed by atoms with Crippen molar-refractivity contribution in [1.82, 2.24) is 30.6 Å². The van der Waals surface area contributed by atoms with Crippen LogP contribution in [-0.2, 0) is 11.3 Å². The third-order valence-electron chi connectivity index (χ3n) is 2.54. The molecule has 0 spiro atoms. The van der Waals surface area contributed by atoms with Crippen molar-refractivity contribution in [3.63, 3.8) is 0 Å². The quantitative estimate of drug-likeness (QED) is 0.664. The Morgan fingerprint density at radius 1 is 1.35 bits per heavy atom. The molecule has 0 bridgehead atoms. The molecule has 102 valence electrons. The number of anilines is 1. The number of tetrazole rings is 1. The molecule has 0 fully saturated rings. The molecule has 0 unspecified atom stereocenters. The SMILES string of the molecule is O=C(CNc1ccc2nnnn2n1)NCc1ccco1. The Bertz CT molecular complexity index is 706.